The minimum atomic E-state index is -0.485. The Balaban J connectivity index is 1.77. The molecule has 0 N–H and O–H groups in total. The van der Waals surface area contributed by atoms with Crippen LogP contribution in [0.2, 0.25) is 5.15 Å². The highest BCUT2D eigenvalue weighted by molar-refractivity contribution is 6.29. The minimum absolute atomic E-state index is 0.295. The second-order valence-corrected chi connectivity index (χ2v) is 5.49. The van der Waals surface area contributed by atoms with Gasteiger partial charge >= 0.3 is 0 Å². The van der Waals surface area contributed by atoms with E-state index >= 15 is 0 Å². The van der Waals surface area contributed by atoms with Crippen molar-refractivity contribution >= 4 is 17.2 Å². The van der Waals surface area contributed by atoms with Gasteiger partial charge in [0.05, 0.1) is 6.20 Å². The number of imidazole rings is 1. The highest BCUT2D eigenvalue weighted by Gasteiger charge is 2.41. The molecule has 1 aliphatic rings. The fourth-order valence-electron chi connectivity index (χ4n) is 2.81. The third-order valence-electron chi connectivity index (χ3n) is 3.84. The maximum absolute atomic E-state index is 13.6. The van der Waals surface area contributed by atoms with Crippen molar-refractivity contribution in [2.24, 2.45) is 0 Å². The first-order valence-corrected chi connectivity index (χ1v) is 6.86. The van der Waals surface area contributed by atoms with E-state index < -0.39 is 5.95 Å². The molecule has 1 saturated carbocycles. The van der Waals surface area contributed by atoms with E-state index in [4.69, 9.17) is 11.6 Å². The first-order chi connectivity index (χ1) is 9.74. The molecule has 4 rings (SSSR count). The van der Waals surface area contributed by atoms with E-state index in [9.17, 15) is 4.39 Å². The Kier molecular flexibility index (Phi) is 2.54. The number of fused-ring (bicyclic) bond motifs is 1. The standard InChI is InChI=1S/C15H11ClFN3/c16-13-7-12(15-18-8-14(17)20(15)19-13)11-6-10(11)9-4-2-1-3-5-9/h1-5,7-8,10-11H,6H2/t10-,11+/m1/s1. The summed E-state index contributed by atoms with van der Waals surface area (Å²) < 4.78 is 14.8. The molecule has 5 heteroatoms. The number of hydrogen-bond donors (Lipinski definition) is 0. The maximum atomic E-state index is 13.6. The van der Waals surface area contributed by atoms with Crippen molar-refractivity contribution in [3.8, 4) is 0 Å². The van der Waals surface area contributed by atoms with Crippen molar-refractivity contribution in [1.29, 1.82) is 0 Å². The van der Waals surface area contributed by atoms with Crippen LogP contribution in [0.25, 0.3) is 5.65 Å². The van der Waals surface area contributed by atoms with Gasteiger partial charge in [-0.2, -0.15) is 14.0 Å². The first-order valence-electron chi connectivity index (χ1n) is 6.48. The van der Waals surface area contributed by atoms with Crippen LogP contribution in [0.4, 0.5) is 4.39 Å². The van der Waals surface area contributed by atoms with Gasteiger partial charge in [0.1, 0.15) is 0 Å². The topological polar surface area (TPSA) is 30.2 Å². The van der Waals surface area contributed by atoms with Gasteiger partial charge in [-0.05, 0) is 29.9 Å². The quantitative estimate of drug-likeness (QED) is 0.718. The van der Waals surface area contributed by atoms with E-state index in [0.717, 1.165) is 12.0 Å². The summed E-state index contributed by atoms with van der Waals surface area (Å²) in [6, 6.07) is 12.1. The summed E-state index contributed by atoms with van der Waals surface area (Å²) in [7, 11) is 0. The van der Waals surface area contributed by atoms with Crippen LogP contribution in [-0.2, 0) is 0 Å². The molecule has 20 heavy (non-hydrogen) atoms. The Morgan fingerprint density at radius 2 is 2.00 bits per heavy atom. The zero-order valence-corrected chi connectivity index (χ0v) is 11.3. The number of aromatic nitrogens is 3. The van der Waals surface area contributed by atoms with E-state index in [0.29, 0.717) is 22.6 Å². The van der Waals surface area contributed by atoms with Crippen LogP contribution in [0, 0.1) is 5.95 Å². The van der Waals surface area contributed by atoms with E-state index in [1.807, 2.05) is 18.2 Å². The first kappa shape index (κ1) is 11.9. The molecule has 2 aromatic heterocycles. The Morgan fingerprint density at radius 1 is 1.20 bits per heavy atom. The smallest absolute Gasteiger partial charge is 0.232 e. The molecule has 0 saturated heterocycles. The largest absolute Gasteiger partial charge is 0.234 e. The van der Waals surface area contributed by atoms with Crippen molar-refractivity contribution < 1.29 is 4.39 Å². The van der Waals surface area contributed by atoms with Gasteiger partial charge in [0.15, 0.2) is 10.8 Å². The molecule has 0 aliphatic heterocycles. The van der Waals surface area contributed by atoms with Gasteiger partial charge < -0.3 is 0 Å². The number of rotatable bonds is 2. The van der Waals surface area contributed by atoms with Crippen molar-refractivity contribution in [1.82, 2.24) is 14.6 Å². The minimum Gasteiger partial charge on any atom is -0.232 e. The Hall–Kier alpha value is -1.94. The summed E-state index contributed by atoms with van der Waals surface area (Å²) in [5, 5.41) is 4.24. The van der Waals surface area contributed by atoms with Crippen molar-refractivity contribution in [2.75, 3.05) is 0 Å². The maximum Gasteiger partial charge on any atom is 0.234 e. The molecule has 100 valence electrons. The average Bonchev–Trinajstić information content (AvgIpc) is 3.18. The Bertz CT molecular complexity index is 784. The van der Waals surface area contributed by atoms with Crippen LogP contribution in [0.5, 0.6) is 0 Å². The number of nitrogens with zero attached hydrogens (tertiary/aromatic N) is 3. The number of halogens is 2. The highest BCUT2D eigenvalue weighted by atomic mass is 35.5. The molecule has 3 nitrogen and oxygen atoms in total. The van der Waals surface area contributed by atoms with Gasteiger partial charge in [-0.25, -0.2) is 4.98 Å². The number of benzene rings is 1. The molecule has 1 aliphatic carbocycles. The lowest BCUT2D eigenvalue weighted by Gasteiger charge is -2.04. The third kappa shape index (κ3) is 1.79. The molecule has 1 aromatic carbocycles. The molecule has 3 aromatic rings. The molecule has 0 radical (unpaired) electrons. The SMILES string of the molecule is Fc1cnc2c([C@H]3C[C@@H]3c3ccccc3)cc(Cl)nn12. The normalized spacial score (nSPS) is 21.3. The molecular weight excluding hydrogens is 277 g/mol. The lowest BCUT2D eigenvalue weighted by molar-refractivity contribution is 0.548. The summed E-state index contributed by atoms with van der Waals surface area (Å²) in [6.07, 6.45) is 2.22. The van der Waals surface area contributed by atoms with Crippen molar-refractivity contribution in [2.45, 2.75) is 18.3 Å². The fraction of sp³-hybridized carbons (Fsp3) is 0.200. The van der Waals surface area contributed by atoms with Gasteiger partial charge in [-0.15, -0.1) is 0 Å². The van der Waals surface area contributed by atoms with E-state index in [2.05, 4.69) is 22.2 Å². The van der Waals surface area contributed by atoms with Crippen molar-refractivity contribution in [3.05, 3.63) is 64.8 Å². The molecular formula is C15H11ClFN3. The summed E-state index contributed by atoms with van der Waals surface area (Å²) in [5.74, 6) is 0.307. The lowest BCUT2D eigenvalue weighted by Crippen LogP contribution is -1.99. The Morgan fingerprint density at radius 3 is 2.80 bits per heavy atom. The van der Waals surface area contributed by atoms with Gasteiger partial charge in [-0.3, -0.25) is 0 Å². The van der Waals surface area contributed by atoms with Gasteiger partial charge in [0, 0.05) is 5.56 Å². The molecule has 0 amide bonds. The van der Waals surface area contributed by atoms with Gasteiger partial charge in [0.25, 0.3) is 0 Å². The van der Waals surface area contributed by atoms with Crippen LogP contribution in [0.1, 0.15) is 29.4 Å². The zero-order valence-electron chi connectivity index (χ0n) is 10.5. The molecule has 2 atom stereocenters. The highest BCUT2D eigenvalue weighted by Crippen LogP contribution is 2.55. The van der Waals surface area contributed by atoms with Crippen LogP contribution in [-0.4, -0.2) is 14.6 Å². The van der Waals surface area contributed by atoms with Crippen LogP contribution < -0.4 is 0 Å². The molecule has 1 fully saturated rings. The summed E-state index contributed by atoms with van der Waals surface area (Å²) in [6.45, 7) is 0. The van der Waals surface area contributed by atoms with Gasteiger partial charge in [-0.1, -0.05) is 41.9 Å². The number of hydrogen-bond acceptors (Lipinski definition) is 2. The second kappa shape index (κ2) is 4.28. The van der Waals surface area contributed by atoms with E-state index in [1.165, 1.54) is 16.3 Å². The van der Waals surface area contributed by atoms with E-state index in [-0.39, 0.29) is 0 Å². The summed E-state index contributed by atoms with van der Waals surface area (Å²) in [5.41, 5.74) is 2.84. The predicted octanol–water partition coefficient (Wildman–Crippen LogP) is 3.79. The summed E-state index contributed by atoms with van der Waals surface area (Å²) >= 11 is 5.99. The van der Waals surface area contributed by atoms with Crippen molar-refractivity contribution in [3.63, 3.8) is 0 Å². The van der Waals surface area contributed by atoms with Gasteiger partial charge in [0.2, 0.25) is 5.95 Å². The molecule has 0 bridgehead atoms. The second-order valence-electron chi connectivity index (χ2n) is 5.10. The van der Waals surface area contributed by atoms with E-state index in [1.54, 1.807) is 6.07 Å². The Labute approximate surface area is 120 Å². The molecule has 0 unspecified atom stereocenters. The average molecular weight is 288 g/mol. The van der Waals surface area contributed by atoms with Crippen LogP contribution in [0.3, 0.4) is 0 Å². The van der Waals surface area contributed by atoms with Crippen LogP contribution >= 0.6 is 11.6 Å². The third-order valence-corrected chi connectivity index (χ3v) is 4.03. The monoisotopic (exact) mass is 287 g/mol. The van der Waals surface area contributed by atoms with Crippen LogP contribution in [0.15, 0.2) is 42.6 Å². The fourth-order valence-corrected chi connectivity index (χ4v) is 3.01. The summed E-state index contributed by atoms with van der Waals surface area (Å²) in [4.78, 5) is 4.12. The zero-order chi connectivity index (χ0) is 13.7. The predicted molar refractivity (Wildman–Crippen MR) is 74.5 cm³/mol. The molecule has 2 heterocycles. The molecule has 0 spiro atoms. The lowest BCUT2D eigenvalue weighted by atomic mass is 10.1.